The number of ether oxygens (including phenoxy) is 1. The van der Waals surface area contributed by atoms with Gasteiger partial charge in [-0.2, -0.15) is 0 Å². The van der Waals surface area contributed by atoms with Gasteiger partial charge in [-0.1, -0.05) is 0 Å². The molecule has 5 nitrogen and oxygen atoms in total. The Balaban J connectivity index is 1.35. The van der Waals surface area contributed by atoms with E-state index in [1.165, 1.54) is 25.9 Å². The molecule has 6 rings (SSSR count). The Morgan fingerprint density at radius 1 is 1.35 bits per heavy atom. The van der Waals surface area contributed by atoms with Gasteiger partial charge in [0.25, 0.3) is 0 Å². The third-order valence-electron chi connectivity index (χ3n) is 5.39. The molecule has 1 aromatic carbocycles. The highest BCUT2D eigenvalue weighted by molar-refractivity contribution is 7.18. The summed E-state index contributed by atoms with van der Waals surface area (Å²) in [6, 6.07) is 5.30. The van der Waals surface area contributed by atoms with Crippen LogP contribution in [-0.4, -0.2) is 52.7 Å². The Morgan fingerprint density at radius 3 is 3.00 bits per heavy atom. The summed E-state index contributed by atoms with van der Waals surface area (Å²) in [7, 11) is 0. The molecule has 1 unspecified atom stereocenters. The highest BCUT2D eigenvalue weighted by Crippen LogP contribution is 2.41. The van der Waals surface area contributed by atoms with Crippen LogP contribution in [0.2, 0.25) is 0 Å². The lowest BCUT2D eigenvalue weighted by molar-refractivity contribution is -0.0837. The Labute approximate surface area is 138 Å². The number of aliphatic imine (C=N–C) groups is 1. The van der Waals surface area contributed by atoms with Crippen molar-refractivity contribution in [2.45, 2.75) is 24.9 Å². The van der Waals surface area contributed by atoms with Gasteiger partial charge in [-0.05, 0) is 44.1 Å². The summed E-state index contributed by atoms with van der Waals surface area (Å²) in [6.07, 6.45) is 3.14. The number of hydrogen-bond donors (Lipinski definition) is 1. The number of fused-ring (bicyclic) bond motifs is 3. The maximum absolute atomic E-state index is 9.58. The van der Waals surface area contributed by atoms with E-state index in [0.29, 0.717) is 12.3 Å². The van der Waals surface area contributed by atoms with Crippen molar-refractivity contribution in [2.75, 3.05) is 26.2 Å². The number of phenolic OH excluding ortho intramolecular Hbond substituents is 1. The predicted molar refractivity (Wildman–Crippen MR) is 90.3 cm³/mol. The molecule has 4 aliphatic rings. The average molecular weight is 329 g/mol. The second kappa shape index (κ2) is 4.92. The van der Waals surface area contributed by atoms with Crippen LogP contribution in [0.25, 0.3) is 10.2 Å². The molecule has 4 aliphatic heterocycles. The Kier molecular flexibility index (Phi) is 2.94. The van der Waals surface area contributed by atoms with Gasteiger partial charge >= 0.3 is 0 Å². The molecule has 0 amide bonds. The molecule has 2 bridgehead atoms. The van der Waals surface area contributed by atoms with Crippen molar-refractivity contribution in [2.24, 2.45) is 10.9 Å². The second-order valence-electron chi connectivity index (χ2n) is 6.86. The van der Waals surface area contributed by atoms with Gasteiger partial charge in [0.2, 0.25) is 0 Å². The third kappa shape index (κ3) is 2.23. The minimum Gasteiger partial charge on any atom is -0.508 e. The van der Waals surface area contributed by atoms with Crippen molar-refractivity contribution < 1.29 is 9.84 Å². The van der Waals surface area contributed by atoms with Gasteiger partial charge in [0.1, 0.15) is 16.4 Å². The van der Waals surface area contributed by atoms with Crippen molar-refractivity contribution in [3.63, 3.8) is 0 Å². The van der Waals surface area contributed by atoms with Crippen molar-refractivity contribution in [1.82, 2.24) is 9.88 Å². The molecular weight excluding hydrogens is 310 g/mol. The van der Waals surface area contributed by atoms with Crippen molar-refractivity contribution in [1.29, 1.82) is 0 Å². The smallest absolute Gasteiger partial charge is 0.191 e. The minimum atomic E-state index is -0.0687. The van der Waals surface area contributed by atoms with E-state index in [1.807, 2.05) is 6.07 Å². The summed E-state index contributed by atoms with van der Waals surface area (Å²) in [4.78, 5) is 11.8. The number of piperidine rings is 3. The summed E-state index contributed by atoms with van der Waals surface area (Å²) >= 11 is 1.61. The lowest BCUT2D eigenvalue weighted by atomic mass is 9.75. The molecule has 1 N–H and O–H groups in total. The fraction of sp³-hybridized carbons (Fsp3) is 0.529. The summed E-state index contributed by atoms with van der Waals surface area (Å²) in [5.41, 5.74) is 0.861. The molecule has 5 heterocycles. The van der Waals surface area contributed by atoms with Crippen molar-refractivity contribution in [3.05, 3.63) is 23.2 Å². The van der Waals surface area contributed by atoms with E-state index >= 15 is 0 Å². The zero-order chi connectivity index (χ0) is 15.4. The van der Waals surface area contributed by atoms with Gasteiger partial charge in [0, 0.05) is 12.5 Å². The maximum atomic E-state index is 9.58. The Morgan fingerprint density at radius 2 is 2.22 bits per heavy atom. The molecule has 120 valence electrons. The molecule has 0 aliphatic carbocycles. The second-order valence-corrected chi connectivity index (χ2v) is 7.98. The first kappa shape index (κ1) is 13.7. The van der Waals surface area contributed by atoms with Gasteiger partial charge in [0.15, 0.2) is 5.90 Å². The number of nitrogens with zero attached hydrogens (tertiary/aromatic N) is 3. The number of thiazole rings is 1. The van der Waals surface area contributed by atoms with E-state index in [2.05, 4.69) is 9.88 Å². The van der Waals surface area contributed by atoms with E-state index in [-0.39, 0.29) is 11.4 Å². The number of aromatic hydroxyl groups is 1. The zero-order valence-electron chi connectivity index (χ0n) is 12.9. The highest BCUT2D eigenvalue weighted by atomic mass is 32.1. The lowest BCUT2D eigenvalue weighted by Gasteiger charge is -2.50. The average Bonchev–Trinajstić information content (AvgIpc) is 3.12. The van der Waals surface area contributed by atoms with Gasteiger partial charge in [0.05, 0.1) is 23.2 Å². The largest absolute Gasteiger partial charge is 0.508 e. The van der Waals surface area contributed by atoms with Crippen LogP contribution < -0.4 is 0 Å². The zero-order valence-corrected chi connectivity index (χ0v) is 13.7. The topological polar surface area (TPSA) is 58.0 Å². The Hall–Kier alpha value is -1.66. The summed E-state index contributed by atoms with van der Waals surface area (Å²) < 4.78 is 7.38. The van der Waals surface area contributed by atoms with E-state index in [1.54, 1.807) is 23.5 Å². The predicted octanol–water partition coefficient (Wildman–Crippen LogP) is 2.44. The first-order chi connectivity index (χ1) is 11.2. The van der Waals surface area contributed by atoms with Crippen LogP contribution in [0.3, 0.4) is 0 Å². The fourth-order valence-electron chi connectivity index (χ4n) is 4.20. The normalized spacial score (nSPS) is 32.4. The summed E-state index contributed by atoms with van der Waals surface area (Å²) in [5, 5.41) is 10.6. The quantitative estimate of drug-likeness (QED) is 0.919. The number of hydrogen-bond acceptors (Lipinski definition) is 6. The van der Waals surface area contributed by atoms with E-state index < -0.39 is 0 Å². The van der Waals surface area contributed by atoms with E-state index in [4.69, 9.17) is 9.73 Å². The molecule has 3 fully saturated rings. The van der Waals surface area contributed by atoms with Crippen LogP contribution in [0, 0.1) is 5.92 Å². The van der Waals surface area contributed by atoms with Crippen LogP contribution in [0.15, 0.2) is 23.2 Å². The van der Waals surface area contributed by atoms with Gasteiger partial charge in [-0.15, -0.1) is 11.3 Å². The number of aromatic nitrogens is 1. The molecule has 1 atom stereocenters. The van der Waals surface area contributed by atoms with E-state index in [0.717, 1.165) is 34.2 Å². The highest BCUT2D eigenvalue weighted by Gasteiger charge is 2.51. The lowest BCUT2D eigenvalue weighted by Crippen LogP contribution is -2.60. The fourth-order valence-corrected chi connectivity index (χ4v) is 5.19. The molecule has 0 saturated carbocycles. The van der Waals surface area contributed by atoms with Crippen LogP contribution in [0.1, 0.15) is 17.8 Å². The first-order valence-corrected chi connectivity index (χ1v) is 9.05. The monoisotopic (exact) mass is 329 g/mol. The minimum absolute atomic E-state index is 0.0687. The number of benzene rings is 1. The molecule has 0 radical (unpaired) electrons. The molecule has 2 aromatic rings. The van der Waals surface area contributed by atoms with Gasteiger partial charge < -0.3 is 9.84 Å². The van der Waals surface area contributed by atoms with Gasteiger partial charge in [-0.3, -0.25) is 9.89 Å². The molecule has 6 heteroatoms. The third-order valence-corrected chi connectivity index (χ3v) is 6.40. The standard InChI is InChI=1S/C17H19N3O2S/c21-12-1-2-13-14(7-12)23-16(19-13)8-15-18-9-17(22-15)10-20-5-3-11(17)4-6-20/h1-2,7,11,21H,3-6,8-10H2. The summed E-state index contributed by atoms with van der Waals surface area (Å²) in [6.45, 7) is 4.26. The Bertz CT molecular complexity index is 794. The van der Waals surface area contributed by atoms with Crippen LogP contribution >= 0.6 is 11.3 Å². The molecule has 1 aromatic heterocycles. The first-order valence-electron chi connectivity index (χ1n) is 8.23. The summed E-state index contributed by atoms with van der Waals surface area (Å²) in [5.74, 6) is 1.77. The van der Waals surface area contributed by atoms with Crippen molar-refractivity contribution in [3.8, 4) is 5.75 Å². The molecular formula is C17H19N3O2S. The van der Waals surface area contributed by atoms with Crippen LogP contribution in [0.5, 0.6) is 5.75 Å². The number of rotatable bonds is 2. The molecule has 23 heavy (non-hydrogen) atoms. The maximum Gasteiger partial charge on any atom is 0.191 e. The number of phenols is 1. The van der Waals surface area contributed by atoms with Crippen molar-refractivity contribution >= 4 is 27.5 Å². The van der Waals surface area contributed by atoms with Gasteiger partial charge in [-0.25, -0.2) is 4.98 Å². The van der Waals surface area contributed by atoms with Crippen LogP contribution in [0.4, 0.5) is 0 Å². The molecule has 3 saturated heterocycles. The van der Waals surface area contributed by atoms with E-state index in [9.17, 15) is 5.11 Å². The SMILES string of the molecule is Oc1ccc2nc(CC3=NCC4(CN5CCC4CC5)O3)sc2c1. The van der Waals surface area contributed by atoms with Crippen LogP contribution in [-0.2, 0) is 11.2 Å². The molecule has 1 spiro atoms.